The number of nitrogens with zero attached hydrogens (tertiary/aromatic N) is 6. The highest BCUT2D eigenvalue weighted by Crippen LogP contribution is 2.28. The number of hydrogen-bond donors (Lipinski definition) is 2. The van der Waals surface area contributed by atoms with Crippen molar-refractivity contribution >= 4 is 28.3 Å². The molecule has 0 spiro atoms. The van der Waals surface area contributed by atoms with Gasteiger partial charge in [0.1, 0.15) is 23.0 Å². The number of nitrogens with one attached hydrogen (secondary N) is 1. The molecule has 160 valence electrons. The van der Waals surface area contributed by atoms with E-state index in [0.29, 0.717) is 0 Å². The summed E-state index contributed by atoms with van der Waals surface area (Å²) < 4.78 is 1.79. The number of anilines is 2. The van der Waals surface area contributed by atoms with Crippen molar-refractivity contribution in [2.45, 2.75) is 39.2 Å². The molecule has 4 heterocycles. The fourth-order valence-corrected chi connectivity index (χ4v) is 3.99. The Labute approximate surface area is 181 Å². The molecule has 0 saturated carbocycles. The lowest BCUT2D eigenvalue weighted by Crippen LogP contribution is -2.36. The number of hydrogen-bond acceptors (Lipinski definition) is 7. The fourth-order valence-electron chi connectivity index (χ4n) is 3.99. The van der Waals surface area contributed by atoms with Gasteiger partial charge in [0.25, 0.3) is 0 Å². The van der Waals surface area contributed by atoms with E-state index < -0.39 is 5.54 Å². The van der Waals surface area contributed by atoms with E-state index in [9.17, 15) is 5.11 Å². The summed E-state index contributed by atoms with van der Waals surface area (Å²) in [6, 6.07) is 11.8. The predicted molar refractivity (Wildman–Crippen MR) is 122 cm³/mol. The van der Waals surface area contributed by atoms with Crippen molar-refractivity contribution in [1.82, 2.24) is 24.6 Å². The zero-order chi connectivity index (χ0) is 21.6. The topological polar surface area (TPSA) is 91.5 Å². The molecular weight excluding hydrogens is 390 g/mol. The number of aliphatic hydroxyl groups excluding tert-OH is 1. The van der Waals surface area contributed by atoms with Gasteiger partial charge in [0.05, 0.1) is 28.9 Å². The first-order valence-corrected chi connectivity index (χ1v) is 10.7. The number of aromatic nitrogens is 5. The molecule has 1 aromatic carbocycles. The number of rotatable bonds is 5. The lowest BCUT2D eigenvalue weighted by atomic mass is 10.1. The van der Waals surface area contributed by atoms with Crippen LogP contribution < -0.4 is 10.2 Å². The van der Waals surface area contributed by atoms with E-state index >= 15 is 0 Å². The molecule has 3 aromatic heterocycles. The zero-order valence-electron chi connectivity index (χ0n) is 18.1. The molecule has 0 amide bonds. The first-order valence-electron chi connectivity index (χ1n) is 10.7. The van der Waals surface area contributed by atoms with Crippen LogP contribution in [0, 0.1) is 6.92 Å². The predicted octanol–water partition coefficient (Wildman–Crippen LogP) is 3.43. The van der Waals surface area contributed by atoms with Crippen LogP contribution in [0.5, 0.6) is 0 Å². The van der Waals surface area contributed by atoms with Gasteiger partial charge in [-0.25, -0.2) is 15.0 Å². The van der Waals surface area contributed by atoms with Crippen LogP contribution in [0.25, 0.3) is 28.1 Å². The van der Waals surface area contributed by atoms with Gasteiger partial charge in [-0.15, -0.1) is 0 Å². The van der Waals surface area contributed by atoms with E-state index in [2.05, 4.69) is 10.2 Å². The van der Waals surface area contributed by atoms with Gasteiger partial charge < -0.3 is 15.3 Å². The van der Waals surface area contributed by atoms with Crippen LogP contribution in [0.1, 0.15) is 32.4 Å². The molecule has 8 heteroatoms. The lowest BCUT2D eigenvalue weighted by Gasteiger charge is -2.26. The molecule has 0 radical (unpaired) electrons. The lowest BCUT2D eigenvalue weighted by molar-refractivity contribution is 0.233. The molecule has 0 atom stereocenters. The van der Waals surface area contributed by atoms with Crippen molar-refractivity contribution in [1.29, 1.82) is 0 Å². The number of para-hydroxylation sites is 2. The van der Waals surface area contributed by atoms with Crippen molar-refractivity contribution in [3.63, 3.8) is 0 Å². The van der Waals surface area contributed by atoms with Gasteiger partial charge in [0, 0.05) is 25.2 Å². The van der Waals surface area contributed by atoms with E-state index in [0.717, 1.165) is 58.5 Å². The Hall–Kier alpha value is -3.26. The molecule has 0 aliphatic carbocycles. The minimum Gasteiger partial charge on any atom is -0.394 e. The molecule has 2 N–H and O–H groups in total. The second-order valence-corrected chi connectivity index (χ2v) is 8.81. The average Bonchev–Trinajstić information content (AvgIpc) is 3.43. The summed E-state index contributed by atoms with van der Waals surface area (Å²) in [5.74, 6) is 1.72. The highest BCUT2D eigenvalue weighted by Gasteiger charge is 2.22. The minimum atomic E-state index is -0.499. The number of aryl methyl sites for hydroxylation is 1. The molecular formula is C23H27N7O. The first-order chi connectivity index (χ1) is 14.9. The minimum absolute atomic E-state index is 0.000746. The summed E-state index contributed by atoms with van der Waals surface area (Å²) in [4.78, 5) is 16.7. The molecule has 0 bridgehead atoms. The van der Waals surface area contributed by atoms with E-state index in [1.807, 2.05) is 57.2 Å². The fraction of sp³-hybridized carbons (Fsp3) is 0.391. The summed E-state index contributed by atoms with van der Waals surface area (Å²) >= 11 is 0. The molecule has 1 fully saturated rings. The van der Waals surface area contributed by atoms with Crippen molar-refractivity contribution in [2.75, 3.05) is 29.9 Å². The highest BCUT2D eigenvalue weighted by molar-refractivity contribution is 5.78. The Morgan fingerprint density at radius 2 is 1.74 bits per heavy atom. The molecule has 1 saturated heterocycles. The van der Waals surface area contributed by atoms with Gasteiger partial charge in [-0.05, 0) is 45.7 Å². The SMILES string of the molecule is Cc1nc2ccccc2nc1-c1cc2nc(N3CCCC3)cc(NC(C)(C)CO)n2n1. The normalized spacial score (nSPS) is 14.6. The number of aliphatic hydroxyl groups is 1. The van der Waals surface area contributed by atoms with Gasteiger partial charge in [-0.1, -0.05) is 12.1 Å². The Balaban J connectivity index is 1.66. The molecule has 1 aliphatic rings. The maximum atomic E-state index is 9.79. The van der Waals surface area contributed by atoms with E-state index in [-0.39, 0.29) is 6.61 Å². The summed E-state index contributed by atoms with van der Waals surface area (Å²) in [5.41, 5.74) is 4.25. The van der Waals surface area contributed by atoms with E-state index in [1.165, 1.54) is 12.8 Å². The maximum absolute atomic E-state index is 9.79. The van der Waals surface area contributed by atoms with Crippen LogP contribution in [0.2, 0.25) is 0 Å². The summed E-state index contributed by atoms with van der Waals surface area (Å²) in [5, 5.41) is 18.0. The Bertz CT molecular complexity index is 1260. The number of benzene rings is 1. The number of fused-ring (bicyclic) bond motifs is 2. The van der Waals surface area contributed by atoms with Crippen LogP contribution in [-0.2, 0) is 0 Å². The van der Waals surface area contributed by atoms with Gasteiger partial charge in [0.15, 0.2) is 5.65 Å². The highest BCUT2D eigenvalue weighted by atomic mass is 16.3. The van der Waals surface area contributed by atoms with E-state index in [4.69, 9.17) is 20.1 Å². The van der Waals surface area contributed by atoms with E-state index in [1.54, 1.807) is 4.52 Å². The van der Waals surface area contributed by atoms with Gasteiger partial charge in [0.2, 0.25) is 0 Å². The van der Waals surface area contributed by atoms with Crippen molar-refractivity contribution < 1.29 is 5.11 Å². The van der Waals surface area contributed by atoms with Crippen molar-refractivity contribution in [2.24, 2.45) is 0 Å². The molecule has 0 unspecified atom stereocenters. The van der Waals surface area contributed by atoms with Crippen molar-refractivity contribution in [3.8, 4) is 11.4 Å². The molecule has 31 heavy (non-hydrogen) atoms. The van der Waals surface area contributed by atoms with Crippen LogP contribution in [0.15, 0.2) is 36.4 Å². The average molecular weight is 418 g/mol. The molecule has 1 aliphatic heterocycles. The second-order valence-electron chi connectivity index (χ2n) is 8.81. The molecule has 8 nitrogen and oxygen atoms in total. The third-order valence-electron chi connectivity index (χ3n) is 5.69. The van der Waals surface area contributed by atoms with Crippen LogP contribution in [-0.4, -0.2) is 54.9 Å². The quantitative estimate of drug-likeness (QED) is 0.514. The van der Waals surface area contributed by atoms with Crippen molar-refractivity contribution in [3.05, 3.63) is 42.1 Å². The van der Waals surface area contributed by atoms with Gasteiger partial charge in [-0.3, -0.25) is 0 Å². The zero-order valence-corrected chi connectivity index (χ0v) is 18.1. The summed E-state index contributed by atoms with van der Waals surface area (Å²) in [6.45, 7) is 7.87. The monoisotopic (exact) mass is 417 g/mol. The summed E-state index contributed by atoms with van der Waals surface area (Å²) in [6.07, 6.45) is 2.35. The Kier molecular flexibility index (Phi) is 4.74. The van der Waals surface area contributed by atoms with Crippen LogP contribution in [0.3, 0.4) is 0 Å². The summed E-state index contributed by atoms with van der Waals surface area (Å²) in [7, 11) is 0. The Morgan fingerprint density at radius 1 is 1.03 bits per heavy atom. The van der Waals surface area contributed by atoms with Gasteiger partial charge >= 0.3 is 0 Å². The smallest absolute Gasteiger partial charge is 0.160 e. The second kappa shape index (κ2) is 7.46. The maximum Gasteiger partial charge on any atom is 0.160 e. The van der Waals surface area contributed by atoms with Crippen LogP contribution in [0.4, 0.5) is 11.6 Å². The van der Waals surface area contributed by atoms with Gasteiger partial charge in [-0.2, -0.15) is 9.61 Å². The Morgan fingerprint density at radius 3 is 2.45 bits per heavy atom. The largest absolute Gasteiger partial charge is 0.394 e. The standard InChI is InChI=1S/C23H27N7O/c1-15-22(25-17-9-5-4-8-16(17)24-15)18-12-20-26-19(29-10-6-7-11-29)13-21(30(20)28-18)27-23(2,3)14-31/h4-5,8-9,12-13,27,31H,6-7,10-11,14H2,1-3H3. The third kappa shape index (κ3) is 3.67. The molecule has 4 aromatic rings. The van der Waals surface area contributed by atoms with Crippen LogP contribution >= 0.6 is 0 Å². The first kappa shape index (κ1) is 19.7. The third-order valence-corrected chi connectivity index (χ3v) is 5.69. The molecule has 5 rings (SSSR count).